The lowest BCUT2D eigenvalue weighted by Gasteiger charge is -2.35. The van der Waals surface area contributed by atoms with Crippen LogP contribution in [-0.2, 0) is 9.53 Å². The largest absolute Gasteiger partial charge is 0.484 e. The van der Waals surface area contributed by atoms with Crippen LogP contribution in [0, 0.1) is 11.3 Å². The molecule has 1 aliphatic rings. The van der Waals surface area contributed by atoms with Crippen molar-refractivity contribution in [1.29, 1.82) is 5.26 Å². The highest BCUT2D eigenvalue weighted by atomic mass is 35.5. The molecule has 1 fully saturated rings. The van der Waals surface area contributed by atoms with Crippen molar-refractivity contribution in [2.45, 2.75) is 26.1 Å². The van der Waals surface area contributed by atoms with Gasteiger partial charge in [-0.1, -0.05) is 11.6 Å². The van der Waals surface area contributed by atoms with Crippen LogP contribution in [0.25, 0.3) is 0 Å². The molecule has 21 heavy (non-hydrogen) atoms. The van der Waals surface area contributed by atoms with E-state index in [1.54, 1.807) is 17.0 Å². The molecule has 0 unspecified atom stereocenters. The molecule has 1 amide bonds. The van der Waals surface area contributed by atoms with Crippen LogP contribution in [0.2, 0.25) is 5.02 Å². The predicted octanol–water partition coefficient (Wildman–Crippen LogP) is 2.23. The second kappa shape index (κ2) is 6.79. The smallest absolute Gasteiger partial charge is 0.260 e. The monoisotopic (exact) mass is 308 g/mol. The molecule has 0 aromatic heterocycles. The summed E-state index contributed by atoms with van der Waals surface area (Å²) < 4.78 is 11.0. The van der Waals surface area contributed by atoms with Gasteiger partial charge in [-0.25, -0.2) is 0 Å². The summed E-state index contributed by atoms with van der Waals surface area (Å²) in [6.07, 6.45) is 0.0594. The third kappa shape index (κ3) is 4.10. The zero-order valence-electron chi connectivity index (χ0n) is 12.0. The molecule has 2 atom stereocenters. The molecular weight excluding hydrogens is 292 g/mol. The molecule has 0 spiro atoms. The third-order valence-corrected chi connectivity index (χ3v) is 3.51. The minimum absolute atomic E-state index is 0.0297. The number of carbonyl (C=O) groups excluding carboxylic acids is 1. The Hall–Kier alpha value is -1.77. The fourth-order valence-corrected chi connectivity index (χ4v) is 2.51. The van der Waals surface area contributed by atoms with E-state index in [-0.39, 0.29) is 24.7 Å². The molecular formula is C15H17ClN2O3. The average Bonchev–Trinajstić information content (AvgIpc) is 2.43. The minimum atomic E-state index is -0.0857. The van der Waals surface area contributed by atoms with Gasteiger partial charge >= 0.3 is 0 Å². The van der Waals surface area contributed by atoms with E-state index in [0.717, 1.165) is 0 Å². The molecule has 5 nitrogen and oxygen atoms in total. The predicted molar refractivity (Wildman–Crippen MR) is 78.3 cm³/mol. The maximum atomic E-state index is 12.1. The topological polar surface area (TPSA) is 62.6 Å². The second-order valence-corrected chi connectivity index (χ2v) is 5.51. The number of benzene rings is 1. The Morgan fingerprint density at radius 1 is 1.48 bits per heavy atom. The van der Waals surface area contributed by atoms with E-state index >= 15 is 0 Å². The van der Waals surface area contributed by atoms with Crippen LogP contribution in [0.3, 0.4) is 0 Å². The maximum absolute atomic E-state index is 12.1. The Labute approximate surface area is 129 Å². The second-order valence-electron chi connectivity index (χ2n) is 5.10. The first-order chi connectivity index (χ1) is 9.99. The van der Waals surface area contributed by atoms with Gasteiger partial charge < -0.3 is 14.4 Å². The summed E-state index contributed by atoms with van der Waals surface area (Å²) in [5.74, 6) is 0.388. The van der Waals surface area contributed by atoms with Crippen molar-refractivity contribution in [3.05, 3.63) is 28.8 Å². The quantitative estimate of drug-likeness (QED) is 0.859. The van der Waals surface area contributed by atoms with E-state index in [1.165, 1.54) is 6.07 Å². The number of nitrogens with zero attached hydrogens (tertiary/aromatic N) is 2. The van der Waals surface area contributed by atoms with Gasteiger partial charge in [0.2, 0.25) is 0 Å². The lowest BCUT2D eigenvalue weighted by atomic mass is 10.2. The summed E-state index contributed by atoms with van der Waals surface area (Å²) in [7, 11) is 0. The van der Waals surface area contributed by atoms with Crippen molar-refractivity contribution < 1.29 is 14.3 Å². The molecule has 1 heterocycles. The summed E-state index contributed by atoms with van der Waals surface area (Å²) in [4.78, 5) is 13.9. The SMILES string of the molecule is C[C@@H]1CN(C(=O)COc2ccc(C#N)c(Cl)c2)C[C@@H](C)O1. The Balaban J connectivity index is 1.92. The van der Waals surface area contributed by atoms with E-state index in [1.807, 2.05) is 19.9 Å². The number of nitriles is 1. The summed E-state index contributed by atoms with van der Waals surface area (Å²) in [5.41, 5.74) is 0.381. The van der Waals surface area contributed by atoms with Crippen LogP contribution >= 0.6 is 11.6 Å². The van der Waals surface area contributed by atoms with E-state index in [4.69, 9.17) is 26.3 Å². The highest BCUT2D eigenvalue weighted by molar-refractivity contribution is 6.31. The van der Waals surface area contributed by atoms with Gasteiger partial charge in [0.05, 0.1) is 22.8 Å². The first-order valence-electron chi connectivity index (χ1n) is 6.75. The van der Waals surface area contributed by atoms with Crippen molar-refractivity contribution in [2.24, 2.45) is 0 Å². The number of halogens is 1. The fraction of sp³-hybridized carbons (Fsp3) is 0.467. The molecule has 1 aromatic carbocycles. The average molecular weight is 309 g/mol. The first-order valence-corrected chi connectivity index (χ1v) is 7.13. The summed E-state index contributed by atoms with van der Waals surface area (Å²) in [6, 6.07) is 6.71. The summed E-state index contributed by atoms with van der Waals surface area (Å²) >= 11 is 5.92. The van der Waals surface area contributed by atoms with Crippen LogP contribution in [0.4, 0.5) is 0 Å². The molecule has 6 heteroatoms. The van der Waals surface area contributed by atoms with Crippen LogP contribution in [0.5, 0.6) is 5.75 Å². The number of hydrogen-bond acceptors (Lipinski definition) is 4. The Kier molecular flexibility index (Phi) is 5.05. The Bertz CT molecular complexity index is 561. The molecule has 0 aliphatic carbocycles. The van der Waals surface area contributed by atoms with E-state index in [9.17, 15) is 4.79 Å². The Morgan fingerprint density at radius 3 is 2.71 bits per heavy atom. The van der Waals surface area contributed by atoms with Crippen LogP contribution in [0.15, 0.2) is 18.2 Å². The van der Waals surface area contributed by atoms with Crippen LogP contribution < -0.4 is 4.74 Å². The number of morpholine rings is 1. The zero-order valence-corrected chi connectivity index (χ0v) is 12.8. The fourth-order valence-electron chi connectivity index (χ4n) is 2.29. The standard InChI is InChI=1S/C15H17ClN2O3/c1-10-7-18(8-11(2)21-10)15(19)9-20-13-4-3-12(6-17)14(16)5-13/h3-5,10-11H,7-9H2,1-2H3/t10-,11-/m1/s1. The van der Waals surface area contributed by atoms with Gasteiger partial charge in [0.1, 0.15) is 11.8 Å². The third-order valence-electron chi connectivity index (χ3n) is 3.20. The summed E-state index contributed by atoms with van der Waals surface area (Å²) in [5, 5.41) is 9.12. The molecule has 1 saturated heterocycles. The van der Waals surface area contributed by atoms with Crippen molar-refractivity contribution in [1.82, 2.24) is 4.90 Å². The summed E-state index contributed by atoms with van der Waals surface area (Å²) in [6.45, 7) is 4.97. The number of amides is 1. The van der Waals surface area contributed by atoms with E-state index < -0.39 is 0 Å². The first kappa shape index (κ1) is 15.6. The number of hydrogen-bond donors (Lipinski definition) is 0. The Morgan fingerprint density at radius 2 is 2.14 bits per heavy atom. The van der Waals surface area contributed by atoms with Gasteiger partial charge in [-0.05, 0) is 26.0 Å². The van der Waals surface area contributed by atoms with Crippen LogP contribution in [-0.4, -0.2) is 42.7 Å². The van der Waals surface area contributed by atoms with Crippen molar-refractivity contribution >= 4 is 17.5 Å². The molecule has 0 bridgehead atoms. The lowest BCUT2D eigenvalue weighted by Crippen LogP contribution is -2.49. The molecule has 1 aliphatic heterocycles. The highest BCUT2D eigenvalue weighted by Crippen LogP contribution is 2.22. The zero-order chi connectivity index (χ0) is 15.4. The molecule has 0 radical (unpaired) electrons. The minimum Gasteiger partial charge on any atom is -0.484 e. The van der Waals surface area contributed by atoms with Gasteiger partial charge in [0, 0.05) is 19.2 Å². The number of carbonyl (C=O) groups is 1. The molecule has 2 rings (SSSR count). The van der Waals surface area contributed by atoms with Crippen LogP contribution in [0.1, 0.15) is 19.4 Å². The number of rotatable bonds is 3. The number of ether oxygens (including phenoxy) is 2. The van der Waals surface area contributed by atoms with Gasteiger partial charge in [0.25, 0.3) is 5.91 Å². The highest BCUT2D eigenvalue weighted by Gasteiger charge is 2.25. The lowest BCUT2D eigenvalue weighted by molar-refractivity contribution is -0.145. The molecule has 112 valence electrons. The van der Waals surface area contributed by atoms with Gasteiger partial charge in [0.15, 0.2) is 6.61 Å². The van der Waals surface area contributed by atoms with E-state index in [0.29, 0.717) is 29.4 Å². The normalized spacial score (nSPS) is 21.7. The van der Waals surface area contributed by atoms with Gasteiger partial charge in [-0.3, -0.25) is 4.79 Å². The van der Waals surface area contributed by atoms with Crippen molar-refractivity contribution in [2.75, 3.05) is 19.7 Å². The maximum Gasteiger partial charge on any atom is 0.260 e. The van der Waals surface area contributed by atoms with Crippen molar-refractivity contribution in [3.63, 3.8) is 0 Å². The van der Waals surface area contributed by atoms with Crippen molar-refractivity contribution in [3.8, 4) is 11.8 Å². The molecule has 1 aromatic rings. The van der Waals surface area contributed by atoms with Gasteiger partial charge in [-0.15, -0.1) is 0 Å². The van der Waals surface area contributed by atoms with E-state index in [2.05, 4.69) is 0 Å². The van der Waals surface area contributed by atoms with Gasteiger partial charge in [-0.2, -0.15) is 5.26 Å². The molecule has 0 N–H and O–H groups in total. The molecule has 0 saturated carbocycles.